The normalized spacial score (nSPS) is 11.0. The highest BCUT2D eigenvalue weighted by Gasteiger charge is 2.19. The number of aromatic nitrogens is 1. The van der Waals surface area contributed by atoms with Crippen LogP contribution in [0.3, 0.4) is 0 Å². The monoisotopic (exact) mass is 359 g/mol. The molecule has 0 saturated carbocycles. The summed E-state index contributed by atoms with van der Waals surface area (Å²) in [5, 5.41) is 6.72. The van der Waals surface area contributed by atoms with Crippen LogP contribution in [-0.4, -0.2) is 31.9 Å². The SMILES string of the molecule is NS(=O)(=O)c1ccc(C(=O)OCC(=O)Nc2cccnc2Cl)o1. The lowest BCUT2D eigenvalue weighted by molar-refractivity contribution is -0.119. The van der Waals surface area contributed by atoms with Gasteiger partial charge in [-0.1, -0.05) is 11.6 Å². The zero-order chi connectivity index (χ0) is 17.0. The zero-order valence-corrected chi connectivity index (χ0v) is 12.9. The highest BCUT2D eigenvalue weighted by molar-refractivity contribution is 7.89. The average molecular weight is 360 g/mol. The molecule has 0 aliphatic carbocycles. The first-order chi connectivity index (χ1) is 10.8. The summed E-state index contributed by atoms with van der Waals surface area (Å²) >= 11 is 5.76. The lowest BCUT2D eigenvalue weighted by atomic mass is 10.4. The van der Waals surface area contributed by atoms with Crippen molar-refractivity contribution in [2.75, 3.05) is 11.9 Å². The number of rotatable bonds is 5. The average Bonchev–Trinajstić information content (AvgIpc) is 2.97. The molecule has 1 amide bonds. The number of anilines is 1. The van der Waals surface area contributed by atoms with Gasteiger partial charge in [0.1, 0.15) is 0 Å². The molecule has 23 heavy (non-hydrogen) atoms. The Balaban J connectivity index is 1.93. The van der Waals surface area contributed by atoms with Crippen molar-refractivity contribution in [2.24, 2.45) is 5.14 Å². The van der Waals surface area contributed by atoms with Gasteiger partial charge in [-0.3, -0.25) is 4.79 Å². The minimum absolute atomic E-state index is 0.0796. The van der Waals surface area contributed by atoms with Crippen molar-refractivity contribution in [3.63, 3.8) is 0 Å². The fraction of sp³-hybridized carbons (Fsp3) is 0.0833. The quantitative estimate of drug-likeness (QED) is 0.593. The zero-order valence-electron chi connectivity index (χ0n) is 11.4. The molecular formula is C12H10ClN3O6S. The number of hydrogen-bond acceptors (Lipinski definition) is 7. The molecule has 2 aromatic rings. The number of hydrogen-bond donors (Lipinski definition) is 2. The Morgan fingerprint density at radius 1 is 1.35 bits per heavy atom. The van der Waals surface area contributed by atoms with Crippen LogP contribution >= 0.6 is 11.6 Å². The topological polar surface area (TPSA) is 142 Å². The van der Waals surface area contributed by atoms with E-state index in [0.29, 0.717) is 0 Å². The summed E-state index contributed by atoms with van der Waals surface area (Å²) in [6.45, 7) is -0.629. The second-order valence-electron chi connectivity index (χ2n) is 4.13. The van der Waals surface area contributed by atoms with E-state index in [4.69, 9.17) is 21.2 Å². The second-order valence-corrected chi connectivity index (χ2v) is 5.98. The standard InChI is InChI=1S/C12H10ClN3O6S/c13-11-7(2-1-5-15-11)16-9(17)6-21-12(18)8-3-4-10(22-8)23(14,19)20/h1-5H,6H2,(H,16,17)(H2,14,19,20). The number of primary sulfonamides is 1. The summed E-state index contributed by atoms with van der Waals surface area (Å²) in [5.74, 6) is -2.08. The minimum atomic E-state index is -4.07. The van der Waals surface area contributed by atoms with Crippen LogP contribution in [0, 0.1) is 0 Å². The van der Waals surface area contributed by atoms with Gasteiger partial charge in [0.15, 0.2) is 11.8 Å². The van der Waals surface area contributed by atoms with Crippen LogP contribution in [0.5, 0.6) is 0 Å². The number of pyridine rings is 1. The molecule has 2 aromatic heterocycles. The number of carbonyl (C=O) groups is 2. The number of halogens is 1. The van der Waals surface area contributed by atoms with Gasteiger partial charge in [0.25, 0.3) is 15.9 Å². The third kappa shape index (κ3) is 4.52. The Hall–Kier alpha value is -2.43. The highest BCUT2D eigenvalue weighted by atomic mass is 35.5. The summed E-state index contributed by atoms with van der Waals surface area (Å²) in [6, 6.07) is 5.14. The molecule has 0 radical (unpaired) electrons. The Kier molecular flexibility index (Phi) is 4.98. The molecule has 3 N–H and O–H groups in total. The molecule has 0 aliphatic heterocycles. The summed E-state index contributed by atoms with van der Waals surface area (Å²) in [6.07, 6.45) is 1.44. The maximum Gasteiger partial charge on any atom is 0.374 e. The van der Waals surface area contributed by atoms with Gasteiger partial charge in [0.2, 0.25) is 10.9 Å². The number of nitrogens with zero attached hydrogens (tertiary/aromatic N) is 1. The first kappa shape index (κ1) is 16.9. The summed E-state index contributed by atoms with van der Waals surface area (Å²) in [4.78, 5) is 27.0. The lowest BCUT2D eigenvalue weighted by Crippen LogP contribution is -2.21. The Labute approximate surface area is 135 Å². The molecule has 0 aliphatic rings. The summed E-state index contributed by atoms with van der Waals surface area (Å²) in [5.41, 5.74) is 0.254. The van der Waals surface area contributed by atoms with Gasteiger partial charge in [-0.15, -0.1) is 0 Å². The number of nitrogens with one attached hydrogen (secondary N) is 1. The van der Waals surface area contributed by atoms with Gasteiger partial charge < -0.3 is 14.5 Å². The van der Waals surface area contributed by atoms with Crippen LogP contribution in [0.4, 0.5) is 5.69 Å². The van der Waals surface area contributed by atoms with Gasteiger partial charge in [0, 0.05) is 6.20 Å². The number of sulfonamides is 1. The predicted octanol–water partition coefficient (Wildman–Crippen LogP) is 0.771. The largest absolute Gasteiger partial charge is 0.450 e. The molecule has 122 valence electrons. The molecule has 0 fully saturated rings. The number of furan rings is 1. The molecule has 0 saturated heterocycles. The van der Waals surface area contributed by atoms with Crippen LogP contribution in [0.25, 0.3) is 0 Å². The van der Waals surface area contributed by atoms with E-state index < -0.39 is 39.4 Å². The van der Waals surface area contributed by atoms with Crippen molar-refractivity contribution >= 4 is 39.2 Å². The number of amides is 1. The van der Waals surface area contributed by atoms with Crippen molar-refractivity contribution in [3.8, 4) is 0 Å². The molecule has 2 heterocycles. The fourth-order valence-electron chi connectivity index (χ4n) is 1.45. The Morgan fingerprint density at radius 3 is 2.70 bits per heavy atom. The fourth-order valence-corrected chi connectivity index (χ4v) is 2.08. The van der Waals surface area contributed by atoms with Crippen LogP contribution < -0.4 is 10.5 Å². The van der Waals surface area contributed by atoms with Crippen LogP contribution in [-0.2, 0) is 19.6 Å². The third-order valence-corrected chi connectivity index (χ3v) is 3.51. The van der Waals surface area contributed by atoms with Crippen LogP contribution in [0.2, 0.25) is 5.15 Å². The smallest absolute Gasteiger partial charge is 0.374 e. The van der Waals surface area contributed by atoms with Crippen molar-refractivity contribution in [3.05, 3.63) is 41.4 Å². The van der Waals surface area contributed by atoms with Crippen molar-refractivity contribution in [2.45, 2.75) is 5.09 Å². The van der Waals surface area contributed by atoms with Crippen molar-refractivity contribution in [1.82, 2.24) is 4.98 Å². The maximum absolute atomic E-state index is 11.6. The number of nitrogens with two attached hydrogens (primary N) is 1. The van der Waals surface area contributed by atoms with Crippen LogP contribution in [0.1, 0.15) is 10.6 Å². The molecule has 0 bridgehead atoms. The van der Waals surface area contributed by atoms with Gasteiger partial charge in [0.05, 0.1) is 5.69 Å². The lowest BCUT2D eigenvalue weighted by Gasteiger charge is -2.06. The molecule has 11 heteroatoms. The van der Waals surface area contributed by atoms with Gasteiger partial charge >= 0.3 is 5.97 Å². The van der Waals surface area contributed by atoms with E-state index in [2.05, 4.69) is 15.0 Å². The number of ether oxygens (including phenoxy) is 1. The third-order valence-electron chi connectivity index (χ3n) is 2.43. The number of esters is 1. The summed E-state index contributed by atoms with van der Waals surface area (Å²) < 4.78 is 31.5. The molecule has 0 unspecified atom stereocenters. The molecule has 9 nitrogen and oxygen atoms in total. The van der Waals surface area contributed by atoms with Crippen molar-refractivity contribution < 1.29 is 27.2 Å². The molecule has 0 spiro atoms. The maximum atomic E-state index is 11.6. The van der Waals surface area contributed by atoms with Crippen molar-refractivity contribution in [1.29, 1.82) is 0 Å². The molecule has 0 aromatic carbocycles. The molecule has 2 rings (SSSR count). The van der Waals surface area contributed by atoms with E-state index in [1.54, 1.807) is 6.07 Å². The van der Waals surface area contributed by atoms with E-state index >= 15 is 0 Å². The minimum Gasteiger partial charge on any atom is -0.450 e. The molecular weight excluding hydrogens is 350 g/mol. The highest BCUT2D eigenvalue weighted by Crippen LogP contribution is 2.17. The van der Waals surface area contributed by atoms with E-state index in [9.17, 15) is 18.0 Å². The van der Waals surface area contributed by atoms with Gasteiger partial charge in [-0.2, -0.15) is 0 Å². The summed E-state index contributed by atoms with van der Waals surface area (Å²) in [7, 11) is -4.07. The van der Waals surface area contributed by atoms with Crippen LogP contribution in [0.15, 0.2) is 40.0 Å². The van der Waals surface area contributed by atoms with E-state index in [-0.39, 0.29) is 10.8 Å². The van der Waals surface area contributed by atoms with E-state index in [1.165, 1.54) is 12.3 Å². The molecule has 0 atom stereocenters. The first-order valence-electron chi connectivity index (χ1n) is 5.97. The van der Waals surface area contributed by atoms with E-state index in [0.717, 1.165) is 12.1 Å². The Morgan fingerprint density at radius 2 is 2.09 bits per heavy atom. The van der Waals surface area contributed by atoms with Gasteiger partial charge in [-0.25, -0.2) is 23.3 Å². The predicted molar refractivity (Wildman–Crippen MR) is 78.2 cm³/mol. The Bertz CT molecular complexity index is 848. The second kappa shape index (κ2) is 6.77. The number of carbonyl (C=O) groups excluding carboxylic acids is 2. The van der Waals surface area contributed by atoms with E-state index in [1.807, 2.05) is 0 Å². The first-order valence-corrected chi connectivity index (χ1v) is 7.90. The van der Waals surface area contributed by atoms with Gasteiger partial charge in [-0.05, 0) is 24.3 Å².